The maximum atomic E-state index is 12.9. The Kier molecular flexibility index (Phi) is 4.44. The minimum Gasteiger partial charge on any atom is -0.338 e. The van der Waals surface area contributed by atoms with Crippen molar-refractivity contribution in [3.05, 3.63) is 60.2 Å². The summed E-state index contributed by atoms with van der Waals surface area (Å²) < 4.78 is 12.9. The fraction of sp³-hybridized carbons (Fsp3) is 0.143. The van der Waals surface area contributed by atoms with E-state index in [0.29, 0.717) is 12.2 Å². The van der Waals surface area contributed by atoms with Crippen molar-refractivity contribution in [3.8, 4) is 0 Å². The van der Waals surface area contributed by atoms with Gasteiger partial charge in [-0.1, -0.05) is 6.07 Å². The van der Waals surface area contributed by atoms with E-state index in [1.165, 1.54) is 12.1 Å². The van der Waals surface area contributed by atoms with Gasteiger partial charge in [0.1, 0.15) is 5.82 Å². The van der Waals surface area contributed by atoms with Crippen LogP contribution in [0.5, 0.6) is 0 Å². The number of benzene rings is 1. The number of amides is 2. The van der Waals surface area contributed by atoms with Crippen LogP contribution in [0.4, 0.5) is 14.9 Å². The second-order valence-corrected chi connectivity index (χ2v) is 4.00. The predicted octanol–water partition coefficient (Wildman–Crippen LogP) is 2.58. The zero-order chi connectivity index (χ0) is 13.5. The molecule has 2 amide bonds. The van der Waals surface area contributed by atoms with Gasteiger partial charge in [-0.15, -0.1) is 0 Å². The van der Waals surface area contributed by atoms with Crippen molar-refractivity contribution in [2.45, 2.75) is 6.42 Å². The number of hydrogen-bond donors (Lipinski definition) is 2. The standard InChI is InChI=1S/C14H14FN3O/c15-12-2-1-3-13(10-12)18-14(19)17-9-6-11-4-7-16-8-5-11/h1-5,7-8,10H,6,9H2,(H2,17,18,19). The molecule has 2 aromatic rings. The van der Waals surface area contributed by atoms with E-state index < -0.39 is 0 Å². The number of rotatable bonds is 4. The molecule has 0 atom stereocenters. The molecule has 0 aliphatic carbocycles. The lowest BCUT2D eigenvalue weighted by molar-refractivity contribution is 0.252. The Morgan fingerprint density at radius 2 is 2.00 bits per heavy atom. The maximum Gasteiger partial charge on any atom is 0.319 e. The average Bonchev–Trinajstić information content (AvgIpc) is 2.40. The van der Waals surface area contributed by atoms with Gasteiger partial charge in [0.2, 0.25) is 0 Å². The molecule has 1 heterocycles. The van der Waals surface area contributed by atoms with E-state index in [1.54, 1.807) is 24.5 Å². The van der Waals surface area contributed by atoms with Gasteiger partial charge in [0.05, 0.1) is 0 Å². The number of carbonyl (C=O) groups is 1. The summed E-state index contributed by atoms with van der Waals surface area (Å²) in [6.45, 7) is 0.505. The Hall–Kier alpha value is -2.43. The lowest BCUT2D eigenvalue weighted by Crippen LogP contribution is -2.30. The number of aromatic nitrogens is 1. The molecule has 98 valence electrons. The van der Waals surface area contributed by atoms with Gasteiger partial charge in [0.15, 0.2) is 0 Å². The molecule has 4 nitrogen and oxygen atoms in total. The first-order valence-corrected chi connectivity index (χ1v) is 5.93. The van der Waals surface area contributed by atoms with Crippen LogP contribution in [0.15, 0.2) is 48.8 Å². The molecule has 0 bridgehead atoms. The van der Waals surface area contributed by atoms with Crippen LogP contribution >= 0.6 is 0 Å². The highest BCUT2D eigenvalue weighted by Gasteiger charge is 2.01. The molecular weight excluding hydrogens is 245 g/mol. The maximum absolute atomic E-state index is 12.9. The Morgan fingerprint density at radius 3 is 2.74 bits per heavy atom. The number of hydrogen-bond acceptors (Lipinski definition) is 2. The SMILES string of the molecule is O=C(NCCc1ccncc1)Nc1cccc(F)c1. The molecule has 5 heteroatoms. The summed E-state index contributed by atoms with van der Waals surface area (Å²) in [6, 6.07) is 9.21. The third-order valence-electron chi connectivity index (χ3n) is 2.53. The molecule has 0 radical (unpaired) electrons. The van der Waals surface area contributed by atoms with Gasteiger partial charge in [0.25, 0.3) is 0 Å². The molecule has 0 saturated heterocycles. The third kappa shape index (κ3) is 4.39. The van der Waals surface area contributed by atoms with Crippen LogP contribution in [0.25, 0.3) is 0 Å². The van der Waals surface area contributed by atoms with E-state index in [4.69, 9.17) is 0 Å². The van der Waals surface area contributed by atoms with E-state index in [0.717, 1.165) is 12.0 Å². The lowest BCUT2D eigenvalue weighted by atomic mass is 10.2. The predicted molar refractivity (Wildman–Crippen MR) is 71.4 cm³/mol. The highest BCUT2D eigenvalue weighted by atomic mass is 19.1. The minimum absolute atomic E-state index is 0.348. The molecule has 0 aliphatic rings. The van der Waals surface area contributed by atoms with Crippen LogP contribution in [0, 0.1) is 5.82 Å². The van der Waals surface area contributed by atoms with Gasteiger partial charge in [-0.2, -0.15) is 0 Å². The first kappa shape index (κ1) is 13.0. The minimum atomic E-state index is -0.380. The van der Waals surface area contributed by atoms with Crippen molar-refractivity contribution in [2.24, 2.45) is 0 Å². The molecule has 1 aromatic carbocycles. The molecule has 0 aliphatic heterocycles. The summed E-state index contributed by atoms with van der Waals surface area (Å²) in [5.41, 5.74) is 1.53. The number of urea groups is 1. The van der Waals surface area contributed by atoms with Crippen molar-refractivity contribution < 1.29 is 9.18 Å². The second-order valence-electron chi connectivity index (χ2n) is 4.00. The first-order chi connectivity index (χ1) is 9.24. The van der Waals surface area contributed by atoms with Gasteiger partial charge in [0, 0.05) is 24.6 Å². The van der Waals surface area contributed by atoms with Gasteiger partial charge < -0.3 is 10.6 Å². The molecular formula is C14H14FN3O. The number of anilines is 1. The van der Waals surface area contributed by atoms with Crippen molar-refractivity contribution in [3.63, 3.8) is 0 Å². The quantitative estimate of drug-likeness (QED) is 0.886. The van der Waals surface area contributed by atoms with Gasteiger partial charge in [-0.3, -0.25) is 4.98 Å². The van der Waals surface area contributed by atoms with Crippen molar-refractivity contribution in [2.75, 3.05) is 11.9 Å². The topological polar surface area (TPSA) is 54.0 Å². The summed E-state index contributed by atoms with van der Waals surface area (Å²) in [5.74, 6) is -0.380. The molecule has 0 unspecified atom stereocenters. The Balaban J connectivity index is 1.76. The average molecular weight is 259 g/mol. The zero-order valence-electron chi connectivity index (χ0n) is 10.3. The number of nitrogens with one attached hydrogen (secondary N) is 2. The monoisotopic (exact) mass is 259 g/mol. The summed E-state index contributed by atoms with van der Waals surface area (Å²) >= 11 is 0. The molecule has 0 saturated carbocycles. The van der Waals surface area contributed by atoms with Crippen LogP contribution in [-0.4, -0.2) is 17.6 Å². The van der Waals surface area contributed by atoms with E-state index in [1.807, 2.05) is 12.1 Å². The largest absolute Gasteiger partial charge is 0.338 e. The summed E-state index contributed by atoms with van der Waals surface area (Å²) in [7, 11) is 0. The third-order valence-corrected chi connectivity index (χ3v) is 2.53. The lowest BCUT2D eigenvalue weighted by Gasteiger charge is -2.07. The molecule has 2 rings (SSSR count). The van der Waals surface area contributed by atoms with Gasteiger partial charge in [-0.05, 0) is 42.3 Å². The second kappa shape index (κ2) is 6.49. The van der Waals surface area contributed by atoms with E-state index >= 15 is 0 Å². The highest BCUT2D eigenvalue weighted by Crippen LogP contribution is 2.08. The van der Waals surface area contributed by atoms with Crippen molar-refractivity contribution in [1.82, 2.24) is 10.3 Å². The van der Waals surface area contributed by atoms with Gasteiger partial charge >= 0.3 is 6.03 Å². The van der Waals surface area contributed by atoms with E-state index in [-0.39, 0.29) is 11.8 Å². The molecule has 0 spiro atoms. The van der Waals surface area contributed by atoms with E-state index in [2.05, 4.69) is 15.6 Å². The fourth-order valence-corrected chi connectivity index (χ4v) is 1.61. The summed E-state index contributed by atoms with van der Waals surface area (Å²) in [5, 5.41) is 5.27. The van der Waals surface area contributed by atoms with Crippen LogP contribution in [0.3, 0.4) is 0 Å². The number of nitrogens with zero attached hydrogens (tertiary/aromatic N) is 1. The van der Waals surface area contributed by atoms with E-state index in [9.17, 15) is 9.18 Å². The Labute approximate surface area is 110 Å². The highest BCUT2D eigenvalue weighted by molar-refractivity contribution is 5.89. The summed E-state index contributed by atoms with van der Waals surface area (Å²) in [4.78, 5) is 15.5. The fourth-order valence-electron chi connectivity index (χ4n) is 1.61. The number of pyridine rings is 1. The Morgan fingerprint density at radius 1 is 1.21 bits per heavy atom. The zero-order valence-corrected chi connectivity index (χ0v) is 10.3. The first-order valence-electron chi connectivity index (χ1n) is 5.93. The normalized spacial score (nSPS) is 9.95. The molecule has 19 heavy (non-hydrogen) atoms. The van der Waals surface area contributed by atoms with Crippen LogP contribution in [-0.2, 0) is 6.42 Å². The molecule has 1 aromatic heterocycles. The number of halogens is 1. The smallest absolute Gasteiger partial charge is 0.319 e. The van der Waals surface area contributed by atoms with Gasteiger partial charge in [-0.25, -0.2) is 9.18 Å². The molecule has 2 N–H and O–H groups in total. The number of carbonyl (C=O) groups excluding carboxylic acids is 1. The van der Waals surface area contributed by atoms with Crippen LogP contribution in [0.1, 0.15) is 5.56 Å². The summed E-state index contributed by atoms with van der Waals surface area (Å²) in [6.07, 6.45) is 4.14. The van der Waals surface area contributed by atoms with Crippen molar-refractivity contribution in [1.29, 1.82) is 0 Å². The van der Waals surface area contributed by atoms with Crippen LogP contribution in [0.2, 0.25) is 0 Å². The molecule has 0 fully saturated rings. The Bertz CT molecular complexity index is 545. The van der Waals surface area contributed by atoms with Crippen LogP contribution < -0.4 is 10.6 Å². The van der Waals surface area contributed by atoms with Crippen molar-refractivity contribution >= 4 is 11.7 Å².